The van der Waals surface area contributed by atoms with Crippen molar-refractivity contribution in [2.45, 2.75) is 25.7 Å². The summed E-state index contributed by atoms with van der Waals surface area (Å²) in [5.74, 6) is 0.813. The minimum Gasteiger partial charge on any atom is -0.224 e. The van der Waals surface area contributed by atoms with E-state index in [-0.39, 0.29) is 11.7 Å². The average Bonchev–Trinajstić information content (AvgIpc) is 2.18. The summed E-state index contributed by atoms with van der Waals surface area (Å²) in [6.45, 7) is 6.07. The van der Waals surface area contributed by atoms with Crippen LogP contribution in [0.4, 0.5) is 0 Å². The molecule has 1 rings (SSSR count). The second-order valence-corrected chi connectivity index (χ2v) is 6.35. The van der Waals surface area contributed by atoms with Crippen LogP contribution in [0.1, 0.15) is 20.8 Å². The van der Waals surface area contributed by atoms with Crippen molar-refractivity contribution in [1.82, 2.24) is 0 Å². The maximum Gasteiger partial charge on any atom is 0.178 e. The summed E-state index contributed by atoms with van der Waals surface area (Å²) in [7, 11) is -3.10. The van der Waals surface area contributed by atoms with Gasteiger partial charge in [0.25, 0.3) is 0 Å². The quantitative estimate of drug-likeness (QED) is 0.791. The van der Waals surface area contributed by atoms with Gasteiger partial charge in [-0.3, -0.25) is 0 Å². The molecule has 0 aliphatic rings. The Morgan fingerprint density at radius 1 is 1.07 bits per heavy atom. The number of rotatable bonds is 4. The lowest BCUT2D eigenvalue weighted by Gasteiger charge is -2.15. The zero-order valence-corrected chi connectivity index (χ0v) is 10.3. The van der Waals surface area contributed by atoms with Crippen LogP contribution in [-0.2, 0) is 9.84 Å². The molecule has 1 unspecified atom stereocenters. The van der Waals surface area contributed by atoms with Crippen molar-refractivity contribution in [3.8, 4) is 0 Å². The minimum absolute atomic E-state index is 0.190. The van der Waals surface area contributed by atoms with Gasteiger partial charge in [-0.1, -0.05) is 39.0 Å². The van der Waals surface area contributed by atoms with Crippen LogP contribution in [0.5, 0.6) is 0 Å². The van der Waals surface area contributed by atoms with Gasteiger partial charge in [0.05, 0.1) is 10.6 Å². The van der Waals surface area contributed by atoms with Gasteiger partial charge in [0.2, 0.25) is 0 Å². The van der Waals surface area contributed by atoms with Crippen LogP contribution in [0.15, 0.2) is 35.2 Å². The summed E-state index contributed by atoms with van der Waals surface area (Å²) in [6, 6.07) is 8.65. The Balaban J connectivity index is 2.86. The molecule has 0 heterocycles. The molecule has 0 aromatic heterocycles. The highest BCUT2D eigenvalue weighted by Gasteiger charge is 2.19. The van der Waals surface area contributed by atoms with E-state index in [9.17, 15) is 8.42 Å². The van der Waals surface area contributed by atoms with Gasteiger partial charge in [0, 0.05) is 0 Å². The third-order valence-corrected chi connectivity index (χ3v) is 4.68. The van der Waals surface area contributed by atoms with E-state index in [0.29, 0.717) is 10.8 Å². The SMILES string of the molecule is CC(C)C(C)CS(=O)(=O)c1ccccc1. The number of hydrogen-bond donors (Lipinski definition) is 0. The second kappa shape index (κ2) is 4.79. The van der Waals surface area contributed by atoms with Gasteiger partial charge in [-0.15, -0.1) is 0 Å². The highest BCUT2D eigenvalue weighted by molar-refractivity contribution is 7.91. The molecule has 2 nitrogen and oxygen atoms in total. The topological polar surface area (TPSA) is 34.1 Å². The molecule has 1 aromatic carbocycles. The van der Waals surface area contributed by atoms with Gasteiger partial charge in [-0.2, -0.15) is 0 Å². The highest BCUT2D eigenvalue weighted by Crippen LogP contribution is 2.18. The summed E-state index contributed by atoms with van der Waals surface area (Å²) >= 11 is 0. The fourth-order valence-electron chi connectivity index (χ4n) is 1.26. The van der Waals surface area contributed by atoms with E-state index in [1.165, 1.54) is 0 Å². The van der Waals surface area contributed by atoms with Crippen molar-refractivity contribution in [3.63, 3.8) is 0 Å². The Morgan fingerprint density at radius 2 is 1.60 bits per heavy atom. The van der Waals surface area contributed by atoms with Crippen LogP contribution in [-0.4, -0.2) is 14.2 Å². The van der Waals surface area contributed by atoms with E-state index >= 15 is 0 Å². The van der Waals surface area contributed by atoms with Crippen molar-refractivity contribution >= 4 is 9.84 Å². The molecule has 1 aromatic rings. The van der Waals surface area contributed by atoms with Crippen LogP contribution in [0.2, 0.25) is 0 Å². The molecule has 0 amide bonds. The monoisotopic (exact) mass is 226 g/mol. The molecule has 3 heteroatoms. The van der Waals surface area contributed by atoms with E-state index in [1.54, 1.807) is 24.3 Å². The summed E-state index contributed by atoms with van der Waals surface area (Å²) in [6.07, 6.45) is 0. The van der Waals surface area contributed by atoms with Crippen LogP contribution in [0.3, 0.4) is 0 Å². The molecular formula is C12H18O2S. The molecule has 0 N–H and O–H groups in total. The lowest BCUT2D eigenvalue weighted by atomic mass is 10.0. The molecule has 0 spiro atoms. The Bertz CT molecular complexity index is 393. The molecular weight excluding hydrogens is 208 g/mol. The van der Waals surface area contributed by atoms with Gasteiger partial charge in [0.15, 0.2) is 9.84 Å². The van der Waals surface area contributed by atoms with Crippen molar-refractivity contribution in [2.24, 2.45) is 11.8 Å². The molecule has 0 aliphatic carbocycles. The van der Waals surface area contributed by atoms with Crippen LogP contribution in [0.25, 0.3) is 0 Å². The van der Waals surface area contributed by atoms with Crippen LogP contribution >= 0.6 is 0 Å². The van der Waals surface area contributed by atoms with E-state index in [1.807, 2.05) is 26.8 Å². The maximum absolute atomic E-state index is 11.9. The van der Waals surface area contributed by atoms with E-state index < -0.39 is 9.84 Å². The lowest BCUT2D eigenvalue weighted by Crippen LogP contribution is -2.18. The molecule has 1 atom stereocenters. The van der Waals surface area contributed by atoms with Crippen molar-refractivity contribution < 1.29 is 8.42 Å². The highest BCUT2D eigenvalue weighted by atomic mass is 32.2. The average molecular weight is 226 g/mol. The first kappa shape index (κ1) is 12.2. The predicted octanol–water partition coefficient (Wildman–Crippen LogP) is 2.75. The molecule has 15 heavy (non-hydrogen) atoms. The molecule has 0 saturated carbocycles. The lowest BCUT2D eigenvalue weighted by molar-refractivity contribution is 0.452. The summed E-state index contributed by atoms with van der Waals surface area (Å²) in [5.41, 5.74) is 0. The predicted molar refractivity (Wildman–Crippen MR) is 62.5 cm³/mol. The van der Waals surface area contributed by atoms with Gasteiger partial charge in [-0.05, 0) is 24.0 Å². The first-order valence-electron chi connectivity index (χ1n) is 5.21. The Labute approximate surface area is 92.2 Å². The minimum atomic E-state index is -3.10. The summed E-state index contributed by atoms with van der Waals surface area (Å²) in [4.78, 5) is 0.428. The Hall–Kier alpha value is -0.830. The first-order valence-corrected chi connectivity index (χ1v) is 6.86. The second-order valence-electron chi connectivity index (χ2n) is 4.32. The van der Waals surface area contributed by atoms with Gasteiger partial charge in [0.1, 0.15) is 0 Å². The number of hydrogen-bond acceptors (Lipinski definition) is 2. The molecule has 0 bridgehead atoms. The summed E-state index contributed by atoms with van der Waals surface area (Å²) in [5, 5.41) is 0. The third kappa shape index (κ3) is 3.34. The largest absolute Gasteiger partial charge is 0.224 e. The first-order chi connectivity index (χ1) is 6.93. The fourth-order valence-corrected chi connectivity index (χ4v) is 3.10. The van der Waals surface area contributed by atoms with E-state index in [0.717, 1.165) is 0 Å². The van der Waals surface area contributed by atoms with Crippen molar-refractivity contribution in [1.29, 1.82) is 0 Å². The smallest absolute Gasteiger partial charge is 0.178 e. The molecule has 84 valence electrons. The zero-order valence-electron chi connectivity index (χ0n) is 9.47. The zero-order chi connectivity index (χ0) is 11.5. The normalized spacial score (nSPS) is 14.1. The molecule has 0 saturated heterocycles. The van der Waals surface area contributed by atoms with Gasteiger partial charge >= 0.3 is 0 Å². The Kier molecular flexibility index (Phi) is 3.91. The van der Waals surface area contributed by atoms with Crippen LogP contribution in [0, 0.1) is 11.8 Å². The molecule has 0 aliphatic heterocycles. The molecule has 0 radical (unpaired) electrons. The van der Waals surface area contributed by atoms with E-state index in [2.05, 4.69) is 0 Å². The maximum atomic E-state index is 11.9. The molecule has 0 fully saturated rings. The van der Waals surface area contributed by atoms with E-state index in [4.69, 9.17) is 0 Å². The standard InChI is InChI=1S/C12H18O2S/c1-10(2)11(3)9-15(13,14)12-7-5-4-6-8-12/h4-8,10-11H,9H2,1-3H3. The van der Waals surface area contributed by atoms with Gasteiger partial charge < -0.3 is 0 Å². The third-order valence-electron chi connectivity index (χ3n) is 2.72. The summed E-state index contributed by atoms with van der Waals surface area (Å²) < 4.78 is 23.9. The number of benzene rings is 1. The van der Waals surface area contributed by atoms with Crippen molar-refractivity contribution in [2.75, 3.05) is 5.75 Å². The van der Waals surface area contributed by atoms with Gasteiger partial charge in [-0.25, -0.2) is 8.42 Å². The van der Waals surface area contributed by atoms with Crippen molar-refractivity contribution in [3.05, 3.63) is 30.3 Å². The fraction of sp³-hybridized carbons (Fsp3) is 0.500. The Morgan fingerprint density at radius 3 is 2.07 bits per heavy atom. The number of sulfone groups is 1. The van der Waals surface area contributed by atoms with Crippen LogP contribution < -0.4 is 0 Å².